The van der Waals surface area contributed by atoms with Crippen molar-refractivity contribution in [3.63, 3.8) is 0 Å². The molecule has 0 aromatic carbocycles. The monoisotopic (exact) mass is 292 g/mol. The number of halogens is 3. The van der Waals surface area contributed by atoms with Crippen molar-refractivity contribution in [3.8, 4) is 0 Å². The number of carbonyl (C=O) groups excluding carboxylic acids is 1. The van der Waals surface area contributed by atoms with Gasteiger partial charge in [-0.3, -0.25) is 4.79 Å². The van der Waals surface area contributed by atoms with Crippen molar-refractivity contribution < 1.29 is 18.0 Å². The van der Waals surface area contributed by atoms with Crippen LogP contribution in [0.2, 0.25) is 0 Å². The highest BCUT2D eigenvalue weighted by molar-refractivity contribution is 5.79. The summed E-state index contributed by atoms with van der Waals surface area (Å²) in [7, 11) is 0. The van der Waals surface area contributed by atoms with Gasteiger partial charge in [-0.1, -0.05) is 13.3 Å². The number of alkyl halides is 3. The standard InChI is InChI=1S/C14H23F3N2O/c1-9-5-12(18)8-19(7-9)13(20)10-3-2-4-11(6-10)14(15,16)17/h9-12H,2-8,18H2,1H3. The van der Waals surface area contributed by atoms with Gasteiger partial charge in [-0.2, -0.15) is 13.2 Å². The first kappa shape index (κ1) is 15.6. The Morgan fingerprint density at radius 2 is 1.90 bits per heavy atom. The van der Waals surface area contributed by atoms with Crippen LogP contribution in [0.4, 0.5) is 13.2 Å². The van der Waals surface area contributed by atoms with Gasteiger partial charge in [-0.05, 0) is 31.6 Å². The molecule has 0 spiro atoms. The minimum Gasteiger partial charge on any atom is -0.341 e. The predicted octanol–water partition coefficient (Wildman–Crippen LogP) is 2.55. The van der Waals surface area contributed by atoms with E-state index in [1.54, 1.807) is 4.90 Å². The molecule has 116 valence electrons. The zero-order chi connectivity index (χ0) is 14.9. The number of piperidine rings is 1. The summed E-state index contributed by atoms with van der Waals surface area (Å²) in [6, 6.07) is -0.0512. The van der Waals surface area contributed by atoms with Crippen LogP contribution < -0.4 is 5.73 Å². The minimum absolute atomic E-state index is 0.0512. The Labute approximate surface area is 117 Å². The molecule has 2 aliphatic rings. The lowest BCUT2D eigenvalue weighted by Crippen LogP contribution is -2.51. The Balaban J connectivity index is 1.98. The van der Waals surface area contributed by atoms with E-state index in [0.29, 0.717) is 31.8 Å². The average Bonchev–Trinajstić information content (AvgIpc) is 2.36. The van der Waals surface area contributed by atoms with E-state index in [1.807, 2.05) is 6.92 Å². The van der Waals surface area contributed by atoms with Crippen LogP contribution in [0.3, 0.4) is 0 Å². The number of rotatable bonds is 1. The number of carbonyl (C=O) groups is 1. The summed E-state index contributed by atoms with van der Waals surface area (Å²) in [6.07, 6.45) is -2.14. The van der Waals surface area contributed by atoms with Gasteiger partial charge < -0.3 is 10.6 Å². The van der Waals surface area contributed by atoms with Crippen LogP contribution in [0.15, 0.2) is 0 Å². The number of amides is 1. The van der Waals surface area contributed by atoms with E-state index in [4.69, 9.17) is 5.73 Å². The summed E-state index contributed by atoms with van der Waals surface area (Å²) in [5.74, 6) is -1.60. The molecule has 1 aliphatic carbocycles. The van der Waals surface area contributed by atoms with Crippen LogP contribution in [0.25, 0.3) is 0 Å². The molecule has 3 nitrogen and oxygen atoms in total. The van der Waals surface area contributed by atoms with Crippen LogP contribution in [-0.4, -0.2) is 36.1 Å². The molecule has 1 aliphatic heterocycles. The van der Waals surface area contributed by atoms with E-state index in [1.165, 1.54) is 0 Å². The Morgan fingerprint density at radius 3 is 2.50 bits per heavy atom. The molecule has 0 aromatic rings. The van der Waals surface area contributed by atoms with Crippen LogP contribution >= 0.6 is 0 Å². The van der Waals surface area contributed by atoms with E-state index in [9.17, 15) is 18.0 Å². The van der Waals surface area contributed by atoms with Crippen LogP contribution in [0, 0.1) is 17.8 Å². The molecule has 1 saturated heterocycles. The average molecular weight is 292 g/mol. The van der Waals surface area contributed by atoms with Crippen molar-refractivity contribution in [1.29, 1.82) is 0 Å². The van der Waals surface area contributed by atoms with Gasteiger partial charge in [0, 0.05) is 25.0 Å². The van der Waals surface area contributed by atoms with E-state index in [2.05, 4.69) is 0 Å². The lowest BCUT2D eigenvalue weighted by Gasteiger charge is -2.38. The second-order valence-corrected chi connectivity index (χ2v) is 6.45. The number of hydrogen-bond donors (Lipinski definition) is 1. The largest absolute Gasteiger partial charge is 0.391 e. The zero-order valence-corrected chi connectivity index (χ0v) is 11.8. The summed E-state index contributed by atoms with van der Waals surface area (Å²) in [4.78, 5) is 14.1. The van der Waals surface area contributed by atoms with Crippen molar-refractivity contribution in [2.75, 3.05) is 13.1 Å². The molecule has 0 aromatic heterocycles. The Bertz CT molecular complexity index is 349. The third-order valence-electron chi connectivity index (χ3n) is 4.49. The van der Waals surface area contributed by atoms with Crippen molar-refractivity contribution in [3.05, 3.63) is 0 Å². The van der Waals surface area contributed by atoms with Gasteiger partial charge >= 0.3 is 6.18 Å². The molecule has 4 unspecified atom stereocenters. The third-order valence-corrected chi connectivity index (χ3v) is 4.49. The maximum atomic E-state index is 12.8. The van der Waals surface area contributed by atoms with Gasteiger partial charge in [-0.25, -0.2) is 0 Å². The minimum atomic E-state index is -4.18. The molecule has 1 amide bonds. The van der Waals surface area contributed by atoms with Gasteiger partial charge in [-0.15, -0.1) is 0 Å². The van der Waals surface area contributed by atoms with E-state index >= 15 is 0 Å². The smallest absolute Gasteiger partial charge is 0.341 e. The van der Waals surface area contributed by atoms with E-state index < -0.39 is 18.0 Å². The lowest BCUT2D eigenvalue weighted by atomic mass is 9.80. The Morgan fingerprint density at radius 1 is 1.20 bits per heavy atom. The van der Waals surface area contributed by atoms with Crippen molar-refractivity contribution in [2.24, 2.45) is 23.5 Å². The van der Waals surface area contributed by atoms with E-state index in [-0.39, 0.29) is 24.8 Å². The summed E-state index contributed by atoms with van der Waals surface area (Å²) < 4.78 is 38.4. The molecule has 0 radical (unpaired) electrons. The topological polar surface area (TPSA) is 46.3 Å². The first-order valence-electron chi connectivity index (χ1n) is 7.38. The molecule has 20 heavy (non-hydrogen) atoms. The van der Waals surface area contributed by atoms with Gasteiger partial charge in [0.1, 0.15) is 0 Å². The zero-order valence-electron chi connectivity index (χ0n) is 11.8. The van der Waals surface area contributed by atoms with Crippen LogP contribution in [0.1, 0.15) is 39.0 Å². The molecule has 1 heterocycles. The van der Waals surface area contributed by atoms with Crippen molar-refractivity contribution in [2.45, 2.75) is 51.2 Å². The van der Waals surface area contributed by atoms with Crippen LogP contribution in [-0.2, 0) is 4.79 Å². The van der Waals surface area contributed by atoms with Gasteiger partial charge in [0.25, 0.3) is 0 Å². The normalized spacial score (nSPS) is 36.0. The Hall–Kier alpha value is -0.780. The number of likely N-dealkylation sites (tertiary alicyclic amines) is 1. The van der Waals surface area contributed by atoms with Gasteiger partial charge in [0.15, 0.2) is 0 Å². The number of nitrogens with two attached hydrogens (primary N) is 1. The van der Waals surface area contributed by atoms with Gasteiger partial charge in [0.2, 0.25) is 5.91 Å². The highest BCUT2D eigenvalue weighted by atomic mass is 19.4. The van der Waals surface area contributed by atoms with Crippen LogP contribution in [0.5, 0.6) is 0 Å². The molecule has 6 heteroatoms. The quantitative estimate of drug-likeness (QED) is 0.807. The molecule has 2 rings (SSSR count). The van der Waals surface area contributed by atoms with Gasteiger partial charge in [0.05, 0.1) is 5.92 Å². The molecule has 2 N–H and O–H groups in total. The fourth-order valence-electron chi connectivity index (χ4n) is 3.55. The third kappa shape index (κ3) is 3.65. The number of hydrogen-bond acceptors (Lipinski definition) is 2. The first-order valence-corrected chi connectivity index (χ1v) is 7.38. The molecular formula is C14H23F3N2O. The van der Waals surface area contributed by atoms with E-state index in [0.717, 1.165) is 6.42 Å². The molecule has 4 atom stereocenters. The maximum absolute atomic E-state index is 12.8. The fourth-order valence-corrected chi connectivity index (χ4v) is 3.55. The summed E-state index contributed by atoms with van der Waals surface area (Å²) in [6.45, 7) is 3.13. The second kappa shape index (κ2) is 5.92. The SMILES string of the molecule is CC1CC(N)CN(C(=O)C2CCCC(C(F)(F)F)C2)C1. The summed E-state index contributed by atoms with van der Waals surface area (Å²) >= 11 is 0. The molecule has 2 fully saturated rings. The summed E-state index contributed by atoms with van der Waals surface area (Å²) in [5.41, 5.74) is 5.91. The molecule has 0 bridgehead atoms. The highest BCUT2D eigenvalue weighted by Crippen LogP contribution is 2.40. The second-order valence-electron chi connectivity index (χ2n) is 6.45. The van der Waals surface area contributed by atoms with Crippen molar-refractivity contribution >= 4 is 5.91 Å². The number of nitrogens with zero attached hydrogens (tertiary/aromatic N) is 1. The highest BCUT2D eigenvalue weighted by Gasteiger charge is 2.44. The fraction of sp³-hybridized carbons (Fsp3) is 0.929. The first-order chi connectivity index (χ1) is 9.27. The predicted molar refractivity (Wildman–Crippen MR) is 69.8 cm³/mol. The Kier molecular flexibility index (Phi) is 4.62. The maximum Gasteiger partial charge on any atom is 0.391 e. The lowest BCUT2D eigenvalue weighted by molar-refractivity contribution is -0.187. The molecular weight excluding hydrogens is 269 g/mol. The van der Waals surface area contributed by atoms with Crippen molar-refractivity contribution in [1.82, 2.24) is 4.90 Å². The molecule has 1 saturated carbocycles. The summed E-state index contributed by atoms with van der Waals surface area (Å²) in [5, 5.41) is 0.